The SMILES string of the molecule is CC(C)CNC(C)(CO)c1ccccc1Cl. The summed E-state index contributed by atoms with van der Waals surface area (Å²) < 4.78 is 0. The van der Waals surface area contributed by atoms with Crippen molar-refractivity contribution in [1.82, 2.24) is 5.32 Å². The first kappa shape index (κ1) is 13.5. The number of hydrogen-bond acceptors (Lipinski definition) is 2. The molecular weight excluding hydrogens is 222 g/mol. The van der Waals surface area contributed by atoms with Crippen LogP contribution in [-0.2, 0) is 5.54 Å². The fourth-order valence-corrected chi connectivity index (χ4v) is 1.92. The highest BCUT2D eigenvalue weighted by atomic mass is 35.5. The molecule has 0 aromatic heterocycles. The van der Waals surface area contributed by atoms with Gasteiger partial charge in [0.05, 0.1) is 12.1 Å². The molecular formula is C13H20ClNO. The number of nitrogens with one attached hydrogen (secondary N) is 1. The number of aliphatic hydroxyl groups excluding tert-OH is 1. The maximum Gasteiger partial charge on any atom is 0.0655 e. The van der Waals surface area contributed by atoms with Gasteiger partial charge in [-0.3, -0.25) is 0 Å². The Morgan fingerprint density at radius 2 is 2.00 bits per heavy atom. The summed E-state index contributed by atoms with van der Waals surface area (Å²) in [6.45, 7) is 7.12. The number of rotatable bonds is 5. The maximum absolute atomic E-state index is 9.55. The lowest BCUT2D eigenvalue weighted by Crippen LogP contribution is -2.44. The second kappa shape index (κ2) is 5.67. The molecule has 1 unspecified atom stereocenters. The summed E-state index contributed by atoms with van der Waals surface area (Å²) >= 11 is 6.15. The molecule has 0 amide bonds. The molecule has 1 aromatic rings. The molecule has 3 heteroatoms. The Labute approximate surface area is 103 Å². The first-order valence-electron chi connectivity index (χ1n) is 5.60. The average Bonchev–Trinajstić information content (AvgIpc) is 2.26. The zero-order chi connectivity index (χ0) is 12.2. The standard InChI is InChI=1S/C13H20ClNO/c1-10(2)8-15-13(3,9-16)11-6-4-5-7-12(11)14/h4-7,10,15-16H,8-9H2,1-3H3. The molecule has 0 saturated carbocycles. The van der Waals surface area contributed by atoms with E-state index in [1.165, 1.54) is 0 Å². The third-order valence-corrected chi connectivity index (χ3v) is 3.01. The van der Waals surface area contributed by atoms with Gasteiger partial charge >= 0.3 is 0 Å². The van der Waals surface area contributed by atoms with E-state index in [9.17, 15) is 5.11 Å². The summed E-state index contributed by atoms with van der Waals surface area (Å²) in [4.78, 5) is 0. The summed E-state index contributed by atoms with van der Waals surface area (Å²) in [6.07, 6.45) is 0. The minimum absolute atomic E-state index is 0.0312. The maximum atomic E-state index is 9.55. The molecule has 0 saturated heterocycles. The summed E-state index contributed by atoms with van der Waals surface area (Å²) in [5, 5.41) is 13.6. The van der Waals surface area contributed by atoms with Crippen molar-refractivity contribution in [3.05, 3.63) is 34.9 Å². The second-order valence-electron chi connectivity index (χ2n) is 4.74. The predicted molar refractivity (Wildman–Crippen MR) is 68.7 cm³/mol. The van der Waals surface area contributed by atoms with Gasteiger partial charge < -0.3 is 10.4 Å². The topological polar surface area (TPSA) is 32.3 Å². The number of halogens is 1. The fraction of sp³-hybridized carbons (Fsp3) is 0.538. The number of hydrogen-bond donors (Lipinski definition) is 2. The van der Waals surface area contributed by atoms with Crippen LogP contribution in [-0.4, -0.2) is 18.3 Å². The zero-order valence-electron chi connectivity index (χ0n) is 10.1. The van der Waals surface area contributed by atoms with Gasteiger partial charge in [-0.15, -0.1) is 0 Å². The van der Waals surface area contributed by atoms with Crippen LogP contribution in [0.4, 0.5) is 0 Å². The molecule has 1 rings (SSSR count). The minimum atomic E-state index is -0.470. The largest absolute Gasteiger partial charge is 0.394 e. The molecule has 90 valence electrons. The molecule has 2 nitrogen and oxygen atoms in total. The molecule has 0 bridgehead atoms. The molecule has 0 aliphatic rings. The van der Waals surface area contributed by atoms with E-state index in [-0.39, 0.29) is 6.61 Å². The lowest BCUT2D eigenvalue weighted by molar-refractivity contribution is 0.171. The Kier molecular flexibility index (Phi) is 4.78. The van der Waals surface area contributed by atoms with Crippen molar-refractivity contribution in [3.63, 3.8) is 0 Å². The van der Waals surface area contributed by atoms with E-state index < -0.39 is 5.54 Å². The van der Waals surface area contributed by atoms with Gasteiger partial charge in [-0.25, -0.2) is 0 Å². The van der Waals surface area contributed by atoms with Gasteiger partial charge in [-0.05, 0) is 31.0 Å². The van der Waals surface area contributed by atoms with Crippen LogP contribution in [0.3, 0.4) is 0 Å². The van der Waals surface area contributed by atoms with Crippen molar-refractivity contribution in [1.29, 1.82) is 0 Å². The van der Waals surface area contributed by atoms with E-state index in [1.54, 1.807) is 0 Å². The van der Waals surface area contributed by atoms with E-state index in [0.29, 0.717) is 10.9 Å². The van der Waals surface area contributed by atoms with Crippen LogP contribution in [0, 0.1) is 5.92 Å². The van der Waals surface area contributed by atoms with Gasteiger partial charge in [0.2, 0.25) is 0 Å². The van der Waals surface area contributed by atoms with Crippen molar-refractivity contribution in [2.75, 3.05) is 13.2 Å². The predicted octanol–water partition coefficient (Wildman–Crippen LogP) is 2.79. The Hall–Kier alpha value is -0.570. The molecule has 0 heterocycles. The van der Waals surface area contributed by atoms with Gasteiger partial charge in [0, 0.05) is 5.02 Å². The van der Waals surface area contributed by atoms with Crippen molar-refractivity contribution >= 4 is 11.6 Å². The normalized spacial score (nSPS) is 15.1. The van der Waals surface area contributed by atoms with Crippen LogP contribution in [0.5, 0.6) is 0 Å². The van der Waals surface area contributed by atoms with Crippen LogP contribution < -0.4 is 5.32 Å². The summed E-state index contributed by atoms with van der Waals surface area (Å²) in [5.41, 5.74) is 0.475. The highest BCUT2D eigenvalue weighted by Crippen LogP contribution is 2.27. The van der Waals surface area contributed by atoms with Crippen molar-refractivity contribution < 1.29 is 5.11 Å². The Bertz CT molecular complexity index is 340. The number of aliphatic hydroxyl groups is 1. The molecule has 0 aliphatic carbocycles. The molecule has 16 heavy (non-hydrogen) atoms. The highest BCUT2D eigenvalue weighted by Gasteiger charge is 2.27. The number of benzene rings is 1. The minimum Gasteiger partial charge on any atom is -0.394 e. The van der Waals surface area contributed by atoms with Crippen LogP contribution in [0.25, 0.3) is 0 Å². The smallest absolute Gasteiger partial charge is 0.0655 e. The van der Waals surface area contributed by atoms with Crippen molar-refractivity contribution in [2.24, 2.45) is 5.92 Å². The average molecular weight is 242 g/mol. The summed E-state index contributed by atoms with van der Waals surface area (Å²) in [7, 11) is 0. The lowest BCUT2D eigenvalue weighted by Gasteiger charge is -2.31. The quantitative estimate of drug-likeness (QED) is 0.831. The summed E-state index contributed by atoms with van der Waals surface area (Å²) in [6, 6.07) is 7.63. The van der Waals surface area contributed by atoms with Gasteiger partial charge in [0.15, 0.2) is 0 Å². The lowest BCUT2D eigenvalue weighted by atomic mass is 9.92. The van der Waals surface area contributed by atoms with Crippen molar-refractivity contribution in [3.8, 4) is 0 Å². The van der Waals surface area contributed by atoms with Crippen LogP contribution in [0.2, 0.25) is 5.02 Å². The molecule has 2 N–H and O–H groups in total. The molecule has 0 aliphatic heterocycles. The molecule has 0 fully saturated rings. The molecule has 0 radical (unpaired) electrons. The molecule has 1 aromatic carbocycles. The van der Waals surface area contributed by atoms with E-state index in [0.717, 1.165) is 12.1 Å². The first-order chi connectivity index (χ1) is 7.49. The Balaban J connectivity index is 2.91. The van der Waals surface area contributed by atoms with E-state index in [1.807, 2.05) is 31.2 Å². The van der Waals surface area contributed by atoms with Gasteiger partial charge in [-0.1, -0.05) is 43.6 Å². The fourth-order valence-electron chi connectivity index (χ4n) is 1.57. The van der Waals surface area contributed by atoms with Crippen LogP contribution in [0.15, 0.2) is 24.3 Å². The Morgan fingerprint density at radius 1 is 1.38 bits per heavy atom. The van der Waals surface area contributed by atoms with E-state index in [2.05, 4.69) is 19.2 Å². The van der Waals surface area contributed by atoms with Crippen LogP contribution >= 0.6 is 11.6 Å². The monoisotopic (exact) mass is 241 g/mol. The van der Waals surface area contributed by atoms with E-state index in [4.69, 9.17) is 11.6 Å². The highest BCUT2D eigenvalue weighted by molar-refractivity contribution is 6.31. The first-order valence-corrected chi connectivity index (χ1v) is 5.98. The van der Waals surface area contributed by atoms with Gasteiger partial charge in [0.25, 0.3) is 0 Å². The van der Waals surface area contributed by atoms with Crippen molar-refractivity contribution in [2.45, 2.75) is 26.3 Å². The third-order valence-electron chi connectivity index (χ3n) is 2.69. The van der Waals surface area contributed by atoms with Crippen LogP contribution in [0.1, 0.15) is 26.3 Å². The Morgan fingerprint density at radius 3 is 2.50 bits per heavy atom. The molecule has 1 atom stereocenters. The van der Waals surface area contributed by atoms with Gasteiger partial charge in [0.1, 0.15) is 0 Å². The molecule has 0 spiro atoms. The third kappa shape index (κ3) is 3.21. The zero-order valence-corrected chi connectivity index (χ0v) is 10.9. The van der Waals surface area contributed by atoms with E-state index >= 15 is 0 Å². The van der Waals surface area contributed by atoms with Gasteiger partial charge in [-0.2, -0.15) is 0 Å². The summed E-state index contributed by atoms with van der Waals surface area (Å²) in [5.74, 6) is 0.536. The second-order valence-corrected chi connectivity index (χ2v) is 5.15.